The molecule has 3 aromatic carbocycles. The van der Waals surface area contributed by atoms with Gasteiger partial charge in [-0.25, -0.2) is 0 Å². The first-order valence-electron chi connectivity index (χ1n) is 14.0. The van der Waals surface area contributed by atoms with Gasteiger partial charge in [0.05, 0.1) is 0 Å². The van der Waals surface area contributed by atoms with Crippen LogP contribution in [0.4, 0.5) is 18.9 Å². The van der Waals surface area contributed by atoms with Crippen molar-refractivity contribution in [1.29, 1.82) is 0 Å². The topological polar surface area (TPSA) is 78.7 Å². The molecule has 0 aromatic heterocycles. The lowest BCUT2D eigenvalue weighted by Crippen LogP contribution is -2.47. The van der Waals surface area contributed by atoms with Crippen molar-refractivity contribution in [3.63, 3.8) is 0 Å². The monoisotopic (exact) mass is 564 g/mol. The quantitative estimate of drug-likeness (QED) is 0.358. The Hall–Kier alpha value is -3.85. The van der Waals surface area contributed by atoms with E-state index in [4.69, 9.17) is 5.73 Å². The van der Waals surface area contributed by atoms with Crippen LogP contribution in [0.3, 0.4) is 0 Å². The molecule has 41 heavy (non-hydrogen) atoms. The first kappa shape index (κ1) is 28.7. The van der Waals surface area contributed by atoms with Crippen LogP contribution in [-0.4, -0.2) is 62.2 Å². The Morgan fingerprint density at radius 2 is 1.51 bits per heavy atom. The molecule has 0 spiro atoms. The number of rotatable bonds is 9. The Labute approximate surface area is 238 Å². The molecule has 1 fully saturated rings. The van der Waals surface area contributed by atoms with Gasteiger partial charge in [0.25, 0.3) is 0 Å². The molecule has 1 aliphatic carbocycles. The van der Waals surface area contributed by atoms with Gasteiger partial charge in [-0.1, -0.05) is 55.0 Å². The zero-order chi connectivity index (χ0) is 29.2. The van der Waals surface area contributed by atoms with Gasteiger partial charge >= 0.3 is 6.18 Å². The van der Waals surface area contributed by atoms with Gasteiger partial charge in [-0.15, -0.1) is 0 Å². The summed E-state index contributed by atoms with van der Waals surface area (Å²) in [6.45, 7) is 4.82. The molecular formula is C32H35F3N4O2. The highest BCUT2D eigenvalue weighted by atomic mass is 19.4. The molecule has 2 aliphatic rings. The van der Waals surface area contributed by atoms with Crippen molar-refractivity contribution in [3.8, 4) is 11.1 Å². The molecule has 5 rings (SSSR count). The Morgan fingerprint density at radius 3 is 2.07 bits per heavy atom. The summed E-state index contributed by atoms with van der Waals surface area (Å²) in [5, 5.41) is 2.21. The van der Waals surface area contributed by atoms with Crippen LogP contribution >= 0.6 is 0 Å². The summed E-state index contributed by atoms with van der Waals surface area (Å²) in [5.41, 5.74) is 10.1. The second-order valence-corrected chi connectivity index (χ2v) is 10.9. The molecule has 3 aromatic rings. The maximum atomic E-state index is 13.6. The van der Waals surface area contributed by atoms with E-state index in [1.165, 1.54) is 0 Å². The third kappa shape index (κ3) is 5.81. The minimum atomic E-state index is -4.49. The third-order valence-electron chi connectivity index (χ3n) is 8.39. The third-order valence-corrected chi connectivity index (χ3v) is 8.39. The lowest BCUT2D eigenvalue weighted by atomic mass is 9.73. The molecule has 9 heteroatoms. The Kier molecular flexibility index (Phi) is 8.09. The SMILES string of the molecule is Cc1cc(N2CCN(CCCCC3(C(=O)NCC(F)(F)F)c4ccccc4-c4ccccc43)CC2)ccc1C(N)=O. The first-order chi connectivity index (χ1) is 19.6. The molecule has 0 unspecified atom stereocenters. The molecule has 3 N–H and O–H groups in total. The fourth-order valence-electron chi connectivity index (χ4n) is 6.36. The van der Waals surface area contributed by atoms with Gasteiger partial charge < -0.3 is 16.0 Å². The van der Waals surface area contributed by atoms with Crippen molar-refractivity contribution >= 4 is 17.5 Å². The van der Waals surface area contributed by atoms with Crippen LogP contribution < -0.4 is 16.0 Å². The van der Waals surface area contributed by atoms with Crippen LogP contribution in [0.25, 0.3) is 11.1 Å². The van der Waals surface area contributed by atoms with E-state index in [0.29, 0.717) is 18.4 Å². The molecule has 1 heterocycles. The number of unbranched alkanes of at least 4 members (excludes halogenated alkanes) is 1. The van der Waals surface area contributed by atoms with Crippen LogP contribution in [0.5, 0.6) is 0 Å². The van der Waals surface area contributed by atoms with Crippen LogP contribution in [0.1, 0.15) is 46.3 Å². The summed E-state index contributed by atoms with van der Waals surface area (Å²) in [5.74, 6) is -1.03. The summed E-state index contributed by atoms with van der Waals surface area (Å²) < 4.78 is 39.3. The number of anilines is 1. The largest absolute Gasteiger partial charge is 0.405 e. The van der Waals surface area contributed by atoms with E-state index in [-0.39, 0.29) is 0 Å². The molecule has 0 atom stereocenters. The normalized spacial score (nSPS) is 16.2. The lowest BCUT2D eigenvalue weighted by molar-refractivity contribution is -0.141. The van der Waals surface area contributed by atoms with Gasteiger partial charge in [0, 0.05) is 37.4 Å². The number of fused-ring (bicyclic) bond motifs is 3. The van der Waals surface area contributed by atoms with Gasteiger partial charge in [-0.05, 0) is 72.3 Å². The van der Waals surface area contributed by atoms with E-state index in [9.17, 15) is 22.8 Å². The Bertz CT molecular complexity index is 1380. The van der Waals surface area contributed by atoms with Gasteiger partial charge in [0.2, 0.25) is 11.8 Å². The highest BCUT2D eigenvalue weighted by molar-refractivity contribution is 6.00. The summed E-state index contributed by atoms with van der Waals surface area (Å²) in [6, 6.07) is 20.8. The van der Waals surface area contributed by atoms with E-state index in [1.807, 2.05) is 67.6 Å². The summed E-state index contributed by atoms with van der Waals surface area (Å²) in [6.07, 6.45) is -2.55. The smallest absolute Gasteiger partial charge is 0.369 e. The summed E-state index contributed by atoms with van der Waals surface area (Å²) in [7, 11) is 0. The van der Waals surface area contributed by atoms with Crippen molar-refractivity contribution in [2.45, 2.75) is 37.8 Å². The molecular weight excluding hydrogens is 529 g/mol. The standard InChI is InChI=1S/C32H35F3N4O2/c1-22-20-23(12-13-24(22)29(36)40)39-18-16-38(17-19-39)15-7-6-14-31(30(41)37-21-32(33,34)35)27-10-4-2-8-25(27)26-9-3-5-11-28(26)31/h2-5,8-13,20H,6-7,14-19,21H2,1H3,(H2,36,40)(H,37,41). The van der Waals surface area contributed by atoms with E-state index in [2.05, 4.69) is 15.1 Å². The second-order valence-electron chi connectivity index (χ2n) is 10.9. The molecule has 2 amide bonds. The number of nitrogens with two attached hydrogens (primary N) is 1. The van der Waals surface area contributed by atoms with E-state index in [0.717, 1.165) is 72.6 Å². The number of nitrogens with one attached hydrogen (secondary N) is 1. The maximum Gasteiger partial charge on any atom is 0.405 e. The van der Waals surface area contributed by atoms with Gasteiger partial charge in [-0.2, -0.15) is 13.2 Å². The van der Waals surface area contributed by atoms with Crippen molar-refractivity contribution in [2.75, 3.05) is 44.2 Å². The number of carbonyl (C=O) groups is 2. The Balaban J connectivity index is 1.24. The zero-order valence-electron chi connectivity index (χ0n) is 23.1. The van der Waals surface area contributed by atoms with Crippen LogP contribution in [0.15, 0.2) is 66.7 Å². The molecule has 6 nitrogen and oxygen atoms in total. The number of benzene rings is 3. The number of piperazine rings is 1. The van der Waals surface area contributed by atoms with Crippen molar-refractivity contribution < 1.29 is 22.8 Å². The number of aryl methyl sites for hydroxylation is 1. The van der Waals surface area contributed by atoms with Gasteiger partial charge in [-0.3, -0.25) is 14.5 Å². The highest BCUT2D eigenvalue weighted by Gasteiger charge is 2.49. The molecule has 0 saturated carbocycles. The number of nitrogens with zero attached hydrogens (tertiary/aromatic N) is 2. The molecule has 1 aliphatic heterocycles. The number of amides is 2. The minimum Gasteiger partial charge on any atom is -0.369 e. The average molecular weight is 565 g/mol. The van der Waals surface area contributed by atoms with Gasteiger partial charge in [0.1, 0.15) is 12.0 Å². The highest BCUT2D eigenvalue weighted by Crippen LogP contribution is 2.51. The van der Waals surface area contributed by atoms with E-state index < -0.39 is 30.0 Å². The lowest BCUT2D eigenvalue weighted by Gasteiger charge is -2.36. The number of primary amides is 1. The van der Waals surface area contributed by atoms with Gasteiger partial charge in [0.15, 0.2) is 0 Å². The first-order valence-corrected chi connectivity index (χ1v) is 14.0. The number of carbonyl (C=O) groups excluding carboxylic acids is 2. The fraction of sp³-hybridized carbons (Fsp3) is 0.375. The summed E-state index contributed by atoms with van der Waals surface area (Å²) >= 11 is 0. The molecule has 216 valence electrons. The predicted molar refractivity (Wildman–Crippen MR) is 154 cm³/mol. The maximum absolute atomic E-state index is 13.6. The number of alkyl halides is 3. The average Bonchev–Trinajstić information content (AvgIpc) is 3.24. The van der Waals surface area contributed by atoms with Crippen molar-refractivity contribution in [3.05, 3.63) is 89.0 Å². The zero-order valence-corrected chi connectivity index (χ0v) is 23.1. The van der Waals surface area contributed by atoms with Crippen LogP contribution in [0.2, 0.25) is 0 Å². The minimum absolute atomic E-state index is 0.427. The number of hydrogen-bond donors (Lipinski definition) is 2. The predicted octanol–water partition coefficient (Wildman–Crippen LogP) is 5.03. The second kappa shape index (κ2) is 11.6. The van der Waals surface area contributed by atoms with Crippen molar-refractivity contribution in [2.24, 2.45) is 5.73 Å². The van der Waals surface area contributed by atoms with Crippen LogP contribution in [-0.2, 0) is 10.2 Å². The fourth-order valence-corrected chi connectivity index (χ4v) is 6.36. The Morgan fingerprint density at radius 1 is 0.902 bits per heavy atom. The number of halogens is 3. The molecule has 0 radical (unpaired) electrons. The molecule has 1 saturated heterocycles. The molecule has 0 bridgehead atoms. The van der Waals surface area contributed by atoms with E-state index >= 15 is 0 Å². The van der Waals surface area contributed by atoms with Crippen LogP contribution in [0, 0.1) is 6.92 Å². The summed E-state index contributed by atoms with van der Waals surface area (Å²) in [4.78, 5) is 29.9. The van der Waals surface area contributed by atoms with Crippen molar-refractivity contribution in [1.82, 2.24) is 10.2 Å². The van der Waals surface area contributed by atoms with E-state index in [1.54, 1.807) is 6.07 Å². The number of hydrogen-bond acceptors (Lipinski definition) is 4.